The minimum atomic E-state index is -2.94. The van der Waals surface area contributed by atoms with Crippen molar-refractivity contribution in [1.82, 2.24) is 14.1 Å². The van der Waals surface area contributed by atoms with E-state index >= 15 is 0 Å². The molecule has 0 fully saturated rings. The lowest BCUT2D eigenvalue weighted by Gasteiger charge is -2.21. The number of hydrogen-bond donors (Lipinski definition) is 0. The van der Waals surface area contributed by atoms with Gasteiger partial charge in [0.15, 0.2) is 0 Å². The van der Waals surface area contributed by atoms with E-state index < -0.39 is 115 Å². The van der Waals surface area contributed by atoms with E-state index in [4.69, 9.17) is 22.4 Å². The summed E-state index contributed by atoms with van der Waals surface area (Å²) in [4.78, 5) is 4.92. The second-order valence-corrected chi connectivity index (χ2v) is 25.0. The van der Waals surface area contributed by atoms with E-state index in [0.717, 1.165) is 55.1 Å². The van der Waals surface area contributed by atoms with Crippen LogP contribution < -0.4 is 9.30 Å². The third-order valence-electron chi connectivity index (χ3n) is 18.2. The second-order valence-electron chi connectivity index (χ2n) is 25.0. The first kappa shape index (κ1) is 40.1. The van der Waals surface area contributed by atoms with Crippen molar-refractivity contribution in [1.29, 1.82) is 0 Å². The van der Waals surface area contributed by atoms with Crippen molar-refractivity contribution in [2.75, 3.05) is 0 Å². The Kier molecular flexibility index (Phi) is 9.31. The van der Waals surface area contributed by atoms with Gasteiger partial charge in [-0.1, -0.05) is 209 Å². The van der Waals surface area contributed by atoms with Crippen molar-refractivity contribution in [3.8, 4) is 118 Å². The summed E-state index contributed by atoms with van der Waals surface area (Å²) in [6.07, 6.45) is 5.62. The Balaban J connectivity index is 0.945. The fourth-order valence-electron chi connectivity index (χ4n) is 13.7. The number of hydrogen-bond acceptors (Lipinski definition) is 3. The molecule has 0 unspecified atom stereocenters. The molecule has 0 bridgehead atoms. The average molecular weight is 1250 g/mol. The largest absolute Gasteiger partial charge is 0.458 e. The van der Waals surface area contributed by atoms with E-state index in [9.17, 15) is 17.8 Å². The number of para-hydroxylation sites is 3. The highest BCUT2D eigenvalue weighted by molar-refractivity contribution is 6.11. The molecule has 0 spiro atoms. The number of imidazole rings is 1. The van der Waals surface area contributed by atoms with Crippen molar-refractivity contribution in [3.63, 3.8) is 0 Å². The van der Waals surface area contributed by atoms with Gasteiger partial charge in [0.05, 0.1) is 51.3 Å². The Bertz CT molecular complexity index is 6900. The summed E-state index contributed by atoms with van der Waals surface area (Å²) in [5.74, 6) is 1.68. The third kappa shape index (κ3) is 9.47. The first-order valence-electron chi connectivity index (χ1n) is 40.9. The number of aryl methyl sites for hydroxylation is 2. The van der Waals surface area contributed by atoms with E-state index in [2.05, 4.69) is 62.0 Å². The molecule has 0 radical (unpaired) electrons. The van der Waals surface area contributed by atoms with E-state index in [-0.39, 0.29) is 44.5 Å². The molecule has 4 aromatic heterocycles. The van der Waals surface area contributed by atoms with Gasteiger partial charge in [-0.2, -0.15) is 0 Å². The van der Waals surface area contributed by atoms with Gasteiger partial charge in [-0.05, 0) is 222 Å². The molecule has 6 heteroatoms. The molecule has 0 saturated heterocycles. The molecule has 6 nitrogen and oxygen atoms in total. The minimum Gasteiger partial charge on any atom is -0.458 e. The smallest absolute Gasteiger partial charge is 0.269 e. The molecule has 0 aliphatic carbocycles. The van der Waals surface area contributed by atoms with Crippen molar-refractivity contribution in [2.24, 2.45) is 0 Å². The van der Waals surface area contributed by atoms with Gasteiger partial charge in [0.1, 0.15) is 28.5 Å². The zero-order valence-electron chi connectivity index (χ0n) is 70.9. The highest BCUT2D eigenvalue weighted by Crippen LogP contribution is 2.49. The summed E-state index contributed by atoms with van der Waals surface area (Å²) >= 11 is 0. The lowest BCUT2D eigenvalue weighted by Crippen LogP contribution is -2.32. The van der Waals surface area contributed by atoms with Crippen LogP contribution in [0.5, 0.6) is 11.5 Å². The summed E-state index contributed by atoms with van der Waals surface area (Å²) in [5.41, 5.74) is 7.12. The maximum atomic E-state index is 10.3. The van der Waals surface area contributed by atoms with Crippen LogP contribution in [0.15, 0.2) is 301 Å². The molecule has 1 aliphatic heterocycles. The number of ether oxygens (including phenoxy) is 1. The van der Waals surface area contributed by atoms with Crippen molar-refractivity contribution in [3.05, 3.63) is 320 Å². The quantitative estimate of drug-likeness (QED) is 0.107. The van der Waals surface area contributed by atoms with E-state index in [1.54, 1.807) is 41.0 Å². The topological polar surface area (TPSA) is 49.0 Å². The highest BCUT2D eigenvalue weighted by Gasteiger charge is 2.29. The Morgan fingerprint density at radius 2 is 1.06 bits per heavy atom. The normalized spacial score (nSPS) is 15.1. The van der Waals surface area contributed by atoms with Crippen molar-refractivity contribution >= 4 is 54.8 Å². The van der Waals surface area contributed by atoms with Gasteiger partial charge in [0, 0.05) is 42.0 Å². The zero-order valence-corrected chi connectivity index (χ0v) is 51.9. The van der Waals surface area contributed by atoms with Crippen LogP contribution in [0, 0.1) is 20.0 Å². The maximum Gasteiger partial charge on any atom is 0.269 e. The second kappa shape index (κ2) is 22.3. The Hall–Kier alpha value is -12.1. The number of aromatic nitrogens is 4. The Morgan fingerprint density at radius 1 is 0.448 bits per heavy atom. The van der Waals surface area contributed by atoms with Gasteiger partial charge in [-0.15, -0.1) is 0 Å². The predicted octanol–water partition coefficient (Wildman–Crippen LogP) is 23.5. The number of benzene rings is 13. The van der Waals surface area contributed by atoms with E-state index in [0.29, 0.717) is 72.8 Å². The fraction of sp³-hybridized carbons (Fsp3) is 0.0667. The monoisotopic (exact) mass is 1250 g/mol. The standard InChI is InChI=1S/C90H64N4O2/c1-56-21-18-22-57(2)87(56)77-34-20-33-76-78-48-60(64-46-62(58-23-8-6-9-24-58)45-63(47-64)59-25-10-7-11-26-59)37-40-72(78)70-29-12-13-30-71(70)80-50-65(61-38-42-85-79(49-61)75-32-15-17-36-84(75)96-85)51-83-89(80)93(88(76)77)55-92(83)67-27-19-28-68(53-67)95-69-39-41-74-73-31-14-16-35-81(73)94(82(74)54-69)86-52-66(43-44-91-86)90(3,4)5/h6-54H,1-5H3/i1D3,2D3,6D,7D,8D,9D,10D,11D,23D,24D,25D,26D,45D,46D,47D. The van der Waals surface area contributed by atoms with Gasteiger partial charge >= 0.3 is 0 Å². The van der Waals surface area contributed by atoms with Crippen molar-refractivity contribution in [2.45, 2.75) is 39.9 Å². The van der Waals surface area contributed by atoms with Gasteiger partial charge in [-0.3, -0.25) is 13.7 Å². The molecule has 0 amide bonds. The van der Waals surface area contributed by atoms with Crippen LogP contribution >= 0.6 is 0 Å². The Morgan fingerprint density at radius 3 is 1.83 bits per heavy atom. The van der Waals surface area contributed by atoms with Crippen LogP contribution in [0.1, 0.15) is 63.5 Å². The van der Waals surface area contributed by atoms with Crippen LogP contribution in [-0.4, -0.2) is 14.1 Å². The van der Waals surface area contributed by atoms with Crippen LogP contribution in [0.2, 0.25) is 0 Å². The third-order valence-corrected chi connectivity index (χ3v) is 18.2. The zero-order chi connectivity index (χ0) is 80.7. The summed E-state index contributed by atoms with van der Waals surface area (Å²) in [6, 6.07) is 55.3. The summed E-state index contributed by atoms with van der Waals surface area (Å²) in [6.45, 7) is 0.618. The van der Waals surface area contributed by atoms with Gasteiger partial charge in [0.25, 0.3) is 6.33 Å². The number of fused-ring (bicyclic) bond motifs is 13. The number of nitrogens with zero attached hydrogens (tertiary/aromatic N) is 4. The highest BCUT2D eigenvalue weighted by atomic mass is 16.5. The molecule has 456 valence electrons. The van der Waals surface area contributed by atoms with Crippen molar-refractivity contribution < 1.29 is 39.8 Å². The molecule has 5 heterocycles. The lowest BCUT2D eigenvalue weighted by atomic mass is 9.85. The fourth-order valence-corrected chi connectivity index (χ4v) is 13.7. The molecular formula is C90H64N4O2. The van der Waals surface area contributed by atoms with Crippen LogP contribution in [-0.2, 0) is 5.41 Å². The van der Waals surface area contributed by atoms with Crippen LogP contribution in [0.25, 0.3) is 161 Å². The lowest BCUT2D eigenvalue weighted by molar-refractivity contribution is -0.570. The molecular weight excluding hydrogens is 1170 g/mol. The summed E-state index contributed by atoms with van der Waals surface area (Å²) in [5, 5.41) is 3.76. The molecule has 0 atom stereocenters. The minimum absolute atomic E-state index is 0.0256. The Labute approximate surface area is 584 Å². The van der Waals surface area contributed by atoms with Gasteiger partial charge in [-0.25, -0.2) is 4.98 Å². The van der Waals surface area contributed by atoms with Gasteiger partial charge < -0.3 is 9.15 Å². The first-order chi connectivity index (χ1) is 54.9. The molecule has 13 aromatic carbocycles. The summed E-state index contributed by atoms with van der Waals surface area (Å²) in [7, 11) is 0. The van der Waals surface area contributed by atoms with E-state index in [1.807, 2.05) is 138 Å². The summed E-state index contributed by atoms with van der Waals surface area (Å²) < 4.78 is 195. The molecule has 96 heavy (non-hydrogen) atoms. The number of rotatable bonds is 9. The average Bonchev–Trinajstić information content (AvgIpc) is 1.70. The maximum absolute atomic E-state index is 10.3. The molecule has 0 N–H and O–H groups in total. The number of furan rings is 1. The molecule has 1 aliphatic rings. The van der Waals surface area contributed by atoms with Crippen LogP contribution in [0.3, 0.4) is 0 Å². The molecule has 0 saturated carbocycles. The SMILES string of the molecule is [2H]c1c([2H])c([2H])c(-c2c([2H])c(-c3ccc4c(c3)-c3cccc(-c5c(C([2H])([2H])[2H])cccc5C([2H])([2H])[2H])c3-[n+]3[c-]n(-c5cccc(Oc6ccc7c8ccccc8n(-c8cc(C(C)(C)C)ccn8)c7c6)c5)c5cc(-c6ccc7oc8ccccc8c7c6)cc(c53)-c3ccccc3-4)c([2H])c(-c3c([2H])c([2H])c([2H])c([2H])c3[2H])c2[2H])c([2H])c1[2H]. The first-order valence-corrected chi connectivity index (χ1v) is 31.4. The molecule has 18 rings (SSSR count). The van der Waals surface area contributed by atoms with Crippen LogP contribution in [0.4, 0.5) is 0 Å². The predicted molar refractivity (Wildman–Crippen MR) is 395 cm³/mol. The van der Waals surface area contributed by atoms with E-state index in [1.165, 1.54) is 18.2 Å². The van der Waals surface area contributed by atoms with Gasteiger partial charge in [0.2, 0.25) is 0 Å². The number of pyridine rings is 1. The molecule has 17 aromatic rings.